The molecule has 1 N–H and O–H groups in total. The molecule has 8 heteroatoms. The normalized spacial score (nSPS) is 25.7. The molecule has 1 aliphatic heterocycles. The van der Waals surface area contributed by atoms with Crippen LogP contribution in [0.2, 0.25) is 0 Å². The maximum atomic E-state index is 12.6. The molecule has 1 aromatic heterocycles. The zero-order valence-corrected chi connectivity index (χ0v) is 17.3. The highest BCUT2D eigenvalue weighted by atomic mass is 32.1. The summed E-state index contributed by atoms with van der Waals surface area (Å²) in [6, 6.07) is 9.85. The lowest BCUT2D eigenvalue weighted by molar-refractivity contribution is 0.0222. The van der Waals surface area contributed by atoms with Crippen LogP contribution in [0.5, 0.6) is 0 Å². The summed E-state index contributed by atoms with van der Waals surface area (Å²) < 4.78 is 5.48. The highest BCUT2D eigenvalue weighted by molar-refractivity contribution is 7.10. The summed E-state index contributed by atoms with van der Waals surface area (Å²) in [7, 11) is 0. The van der Waals surface area contributed by atoms with Gasteiger partial charge in [0.15, 0.2) is 5.41 Å². The number of nitriles is 3. The summed E-state index contributed by atoms with van der Waals surface area (Å²) in [6.45, 7) is 5.84. The highest BCUT2D eigenvalue weighted by Gasteiger charge is 2.58. The van der Waals surface area contributed by atoms with Crippen molar-refractivity contribution in [2.45, 2.75) is 32.3 Å². The number of fused-ring (bicyclic) bond motifs is 1. The van der Waals surface area contributed by atoms with E-state index in [1.165, 1.54) is 16.2 Å². The summed E-state index contributed by atoms with van der Waals surface area (Å²) in [4.78, 5) is 15.0. The van der Waals surface area contributed by atoms with E-state index in [1.54, 1.807) is 26.8 Å². The number of thiophene rings is 1. The fourth-order valence-electron chi connectivity index (χ4n) is 4.06. The Kier molecular flexibility index (Phi) is 5.22. The third-order valence-electron chi connectivity index (χ3n) is 5.29. The van der Waals surface area contributed by atoms with Gasteiger partial charge in [-0.2, -0.15) is 15.8 Å². The van der Waals surface area contributed by atoms with Crippen LogP contribution in [-0.2, 0) is 4.74 Å². The van der Waals surface area contributed by atoms with Crippen LogP contribution in [0.25, 0.3) is 0 Å². The van der Waals surface area contributed by atoms with Gasteiger partial charge in [0.1, 0.15) is 11.5 Å². The third kappa shape index (κ3) is 3.39. The Hall–Kier alpha value is -3.15. The number of rotatable bonds is 1. The summed E-state index contributed by atoms with van der Waals surface area (Å²) in [5, 5.41) is 40.1. The Balaban J connectivity index is 2.10. The fraction of sp³-hybridized carbons (Fsp3) is 0.476. The Morgan fingerprint density at radius 3 is 2.55 bits per heavy atom. The Morgan fingerprint density at radius 2 is 2.03 bits per heavy atom. The van der Waals surface area contributed by atoms with Gasteiger partial charge in [0, 0.05) is 29.8 Å². The molecule has 3 atom stereocenters. The summed E-state index contributed by atoms with van der Waals surface area (Å²) in [5.74, 6) is -2.00. The van der Waals surface area contributed by atoms with E-state index in [2.05, 4.69) is 6.07 Å². The number of carbonyl (C=O) groups excluding carboxylic acids is 1. The van der Waals surface area contributed by atoms with E-state index in [0.29, 0.717) is 5.57 Å². The highest BCUT2D eigenvalue weighted by Crippen LogP contribution is 2.54. The first kappa shape index (κ1) is 20.6. The quantitative estimate of drug-likeness (QED) is 0.708. The molecule has 0 radical (unpaired) electrons. The molecule has 7 nitrogen and oxygen atoms in total. The topological polar surface area (TPSA) is 125 Å². The van der Waals surface area contributed by atoms with E-state index in [-0.39, 0.29) is 18.8 Å². The van der Waals surface area contributed by atoms with Crippen molar-refractivity contribution in [3.05, 3.63) is 34.0 Å². The zero-order valence-electron chi connectivity index (χ0n) is 16.5. The SMILES string of the molecule is CC(C)(C)OC(=O)N1CC=C2C(C#N)C(=N)C(C#N)(C#N)[C@@H](c3cccs3)[C@@H]2C1. The van der Waals surface area contributed by atoms with Crippen LogP contribution >= 0.6 is 11.3 Å². The molecule has 0 aromatic carbocycles. The molecular formula is C21H21N5O2S. The van der Waals surface area contributed by atoms with Crippen molar-refractivity contribution in [3.63, 3.8) is 0 Å². The first-order chi connectivity index (χ1) is 13.7. The largest absolute Gasteiger partial charge is 0.444 e. The van der Waals surface area contributed by atoms with Gasteiger partial charge in [0.05, 0.1) is 23.9 Å². The van der Waals surface area contributed by atoms with Gasteiger partial charge in [0.2, 0.25) is 0 Å². The molecule has 1 amide bonds. The number of nitrogens with zero attached hydrogens (tertiary/aromatic N) is 4. The van der Waals surface area contributed by atoms with Gasteiger partial charge >= 0.3 is 6.09 Å². The zero-order chi connectivity index (χ0) is 21.4. The molecule has 29 heavy (non-hydrogen) atoms. The molecule has 2 heterocycles. The van der Waals surface area contributed by atoms with Crippen molar-refractivity contribution in [2.24, 2.45) is 17.3 Å². The van der Waals surface area contributed by atoms with Gasteiger partial charge < -0.3 is 15.0 Å². The van der Waals surface area contributed by atoms with Crippen LogP contribution in [0.1, 0.15) is 31.6 Å². The molecule has 0 bridgehead atoms. The maximum Gasteiger partial charge on any atom is 0.410 e. The smallest absolute Gasteiger partial charge is 0.410 e. The molecule has 1 fully saturated rings. The van der Waals surface area contributed by atoms with Crippen molar-refractivity contribution in [2.75, 3.05) is 13.1 Å². The van der Waals surface area contributed by atoms with Crippen molar-refractivity contribution in [3.8, 4) is 18.2 Å². The van der Waals surface area contributed by atoms with Gasteiger partial charge in [0.25, 0.3) is 0 Å². The third-order valence-corrected chi connectivity index (χ3v) is 6.25. The number of hydrogen-bond acceptors (Lipinski definition) is 7. The molecule has 2 aliphatic rings. The molecule has 0 saturated heterocycles. The van der Waals surface area contributed by atoms with Crippen molar-refractivity contribution < 1.29 is 9.53 Å². The average molecular weight is 407 g/mol. The van der Waals surface area contributed by atoms with Crippen molar-refractivity contribution in [1.29, 1.82) is 21.2 Å². The second-order valence-corrected chi connectivity index (χ2v) is 9.18. The minimum absolute atomic E-state index is 0.184. The van der Waals surface area contributed by atoms with E-state index in [4.69, 9.17) is 10.1 Å². The van der Waals surface area contributed by atoms with Crippen LogP contribution in [0.4, 0.5) is 4.79 Å². The number of nitrogens with one attached hydrogen (secondary N) is 1. The molecule has 1 unspecified atom stereocenters. The minimum atomic E-state index is -1.76. The average Bonchev–Trinajstić information content (AvgIpc) is 3.19. The standard InChI is InChI=1S/C21H21N5O2S/c1-20(2,3)28-19(27)26-7-6-13-14(9-22)18(25)21(11-23,12-24)17(15(13)10-26)16-5-4-8-29-16/h4-6,8,14-15,17,25H,7,10H2,1-3H3/t14?,15-,17-/m1/s1. The molecule has 1 aliphatic carbocycles. The van der Waals surface area contributed by atoms with Gasteiger partial charge in [-0.3, -0.25) is 0 Å². The van der Waals surface area contributed by atoms with Gasteiger partial charge in [-0.1, -0.05) is 12.1 Å². The van der Waals surface area contributed by atoms with E-state index in [9.17, 15) is 20.6 Å². The number of amides is 1. The fourth-order valence-corrected chi connectivity index (χ4v) is 5.02. The van der Waals surface area contributed by atoms with Crippen LogP contribution in [0.3, 0.4) is 0 Å². The summed E-state index contributed by atoms with van der Waals surface area (Å²) >= 11 is 1.41. The second-order valence-electron chi connectivity index (χ2n) is 8.20. The minimum Gasteiger partial charge on any atom is -0.444 e. The number of hydrogen-bond donors (Lipinski definition) is 1. The lowest BCUT2D eigenvalue weighted by Crippen LogP contribution is -2.53. The molecular weight excluding hydrogens is 386 g/mol. The molecule has 1 aromatic rings. The van der Waals surface area contributed by atoms with Crippen LogP contribution < -0.4 is 0 Å². The van der Waals surface area contributed by atoms with Gasteiger partial charge in [-0.05, 0) is 37.8 Å². The van der Waals surface area contributed by atoms with Crippen LogP contribution in [0.15, 0.2) is 29.2 Å². The van der Waals surface area contributed by atoms with E-state index in [1.807, 2.05) is 29.7 Å². The Morgan fingerprint density at radius 1 is 1.34 bits per heavy atom. The van der Waals surface area contributed by atoms with E-state index in [0.717, 1.165) is 4.88 Å². The second kappa shape index (κ2) is 7.35. The number of ether oxygens (including phenoxy) is 1. The van der Waals surface area contributed by atoms with E-state index < -0.39 is 34.9 Å². The maximum absolute atomic E-state index is 12.6. The summed E-state index contributed by atoms with van der Waals surface area (Å²) in [5.41, 5.74) is -1.89. The lowest BCUT2D eigenvalue weighted by Gasteiger charge is -2.47. The molecule has 148 valence electrons. The van der Waals surface area contributed by atoms with Gasteiger partial charge in [-0.25, -0.2) is 4.79 Å². The molecule has 1 saturated carbocycles. The van der Waals surface area contributed by atoms with Crippen molar-refractivity contribution >= 4 is 23.1 Å². The predicted molar refractivity (Wildman–Crippen MR) is 107 cm³/mol. The molecule has 0 spiro atoms. The first-order valence-electron chi connectivity index (χ1n) is 9.20. The van der Waals surface area contributed by atoms with E-state index >= 15 is 0 Å². The number of carbonyl (C=O) groups is 1. The monoisotopic (exact) mass is 407 g/mol. The predicted octanol–water partition coefficient (Wildman–Crippen LogP) is 3.83. The first-order valence-corrected chi connectivity index (χ1v) is 10.1. The lowest BCUT2D eigenvalue weighted by atomic mass is 9.55. The van der Waals surface area contributed by atoms with Crippen molar-refractivity contribution in [1.82, 2.24) is 4.90 Å². The van der Waals surface area contributed by atoms with Crippen LogP contribution in [-0.4, -0.2) is 35.4 Å². The Bertz CT molecular complexity index is 970. The van der Waals surface area contributed by atoms with Gasteiger partial charge in [-0.15, -0.1) is 11.3 Å². The molecule has 3 rings (SSSR count). The summed E-state index contributed by atoms with van der Waals surface area (Å²) in [6.07, 6.45) is 1.30. The Labute approximate surface area is 173 Å². The van der Waals surface area contributed by atoms with Crippen LogP contribution in [0, 0.1) is 56.7 Å².